The first-order chi connectivity index (χ1) is 10.7. The monoisotopic (exact) mass is 330 g/mol. The zero-order valence-electron chi connectivity index (χ0n) is 11.1. The third kappa shape index (κ3) is 3.89. The molecular weight excluding hydrogens is 319 g/mol. The third-order valence-corrected chi connectivity index (χ3v) is 2.64. The molecule has 1 heterocycles. The molecule has 0 saturated carbocycles. The Morgan fingerprint density at radius 3 is 3.00 bits per heavy atom. The van der Waals surface area contributed by atoms with Crippen LogP contribution in [0.25, 0.3) is 0 Å². The summed E-state index contributed by atoms with van der Waals surface area (Å²) in [6, 6.07) is 3.78. The van der Waals surface area contributed by atoms with E-state index in [9.17, 15) is 9.60 Å². The van der Waals surface area contributed by atoms with E-state index in [0.717, 1.165) is 6.07 Å². The zero-order valence-corrected chi connectivity index (χ0v) is 11.8. The van der Waals surface area contributed by atoms with Gasteiger partial charge in [0.05, 0.1) is 17.3 Å². The van der Waals surface area contributed by atoms with E-state index in [1.807, 2.05) is 5.48 Å². The van der Waals surface area contributed by atoms with E-state index in [-0.39, 0.29) is 34.7 Å². The van der Waals surface area contributed by atoms with Gasteiger partial charge in [-0.15, -0.1) is 0 Å². The Balaban J connectivity index is 2.25. The number of halogens is 2. The second-order valence-electron chi connectivity index (χ2n) is 3.87. The molecule has 2 aromatic rings. The Labute approximate surface area is 128 Å². The highest BCUT2D eigenvalue weighted by Crippen LogP contribution is 2.22. The Bertz CT molecular complexity index is 665. The van der Waals surface area contributed by atoms with E-state index in [2.05, 4.69) is 25.4 Å². The summed E-state index contributed by atoms with van der Waals surface area (Å²) in [5.74, 6) is -0.621. The molecular formula is C11H12ClFN6O3. The summed E-state index contributed by atoms with van der Waals surface area (Å²) in [4.78, 5) is 9.01. The van der Waals surface area contributed by atoms with Crippen LogP contribution in [0, 0.1) is 5.82 Å². The van der Waals surface area contributed by atoms with E-state index in [1.165, 1.54) is 12.1 Å². The average Bonchev–Trinajstić information content (AvgIpc) is 2.97. The molecule has 0 bridgehead atoms. The van der Waals surface area contributed by atoms with Crippen LogP contribution in [0.5, 0.6) is 0 Å². The van der Waals surface area contributed by atoms with Gasteiger partial charge in [0.2, 0.25) is 5.82 Å². The van der Waals surface area contributed by atoms with Crippen molar-refractivity contribution < 1.29 is 19.1 Å². The molecule has 9 nitrogen and oxygen atoms in total. The molecule has 5 N–H and O–H groups in total. The Morgan fingerprint density at radius 2 is 2.32 bits per heavy atom. The number of nitrogens with one attached hydrogen (secondary N) is 2. The highest BCUT2D eigenvalue weighted by atomic mass is 35.5. The first kappa shape index (κ1) is 16.1. The lowest BCUT2D eigenvalue weighted by Crippen LogP contribution is -2.22. The van der Waals surface area contributed by atoms with Crippen molar-refractivity contribution in [2.75, 3.05) is 18.6 Å². The highest BCUT2D eigenvalue weighted by Gasteiger charge is 2.17. The molecule has 0 aliphatic heterocycles. The molecule has 0 fully saturated rings. The van der Waals surface area contributed by atoms with Crippen molar-refractivity contribution in [2.24, 2.45) is 10.7 Å². The Kier molecular flexibility index (Phi) is 5.61. The van der Waals surface area contributed by atoms with Crippen molar-refractivity contribution in [3.8, 4) is 0 Å². The maximum atomic E-state index is 13.1. The van der Waals surface area contributed by atoms with Gasteiger partial charge in [0.25, 0.3) is 0 Å². The summed E-state index contributed by atoms with van der Waals surface area (Å²) in [7, 11) is 0. The lowest BCUT2D eigenvalue weighted by atomic mass is 10.3. The van der Waals surface area contributed by atoms with Crippen molar-refractivity contribution in [1.82, 2.24) is 15.8 Å². The molecule has 11 heteroatoms. The maximum absolute atomic E-state index is 13.1. The number of amidine groups is 1. The number of hydrogen-bond acceptors (Lipinski definition) is 8. The topological polar surface area (TPSA) is 131 Å². The van der Waals surface area contributed by atoms with Gasteiger partial charge in [-0.2, -0.15) is 0 Å². The van der Waals surface area contributed by atoms with Crippen molar-refractivity contribution in [3.63, 3.8) is 0 Å². The molecule has 1 aromatic carbocycles. The summed E-state index contributed by atoms with van der Waals surface area (Å²) < 4.78 is 17.7. The number of nitrogens with zero attached hydrogens (tertiary/aromatic N) is 3. The quantitative estimate of drug-likeness (QED) is 0.269. The number of hydrogen-bond donors (Lipinski definition) is 4. The predicted molar refractivity (Wildman–Crippen MR) is 75.5 cm³/mol. The van der Waals surface area contributed by atoms with E-state index < -0.39 is 5.82 Å². The van der Waals surface area contributed by atoms with E-state index >= 15 is 0 Å². The molecule has 0 aliphatic rings. The molecule has 0 radical (unpaired) electrons. The van der Waals surface area contributed by atoms with Gasteiger partial charge in [0.15, 0.2) is 11.5 Å². The molecule has 118 valence electrons. The molecule has 0 atom stereocenters. The summed E-state index contributed by atoms with van der Waals surface area (Å²) in [5, 5.41) is 16.2. The summed E-state index contributed by atoms with van der Waals surface area (Å²) in [5.41, 5.74) is 9.89. The van der Waals surface area contributed by atoms with Crippen molar-refractivity contribution in [1.29, 1.82) is 0 Å². The number of rotatable bonds is 6. The second kappa shape index (κ2) is 7.66. The molecule has 0 saturated heterocycles. The summed E-state index contributed by atoms with van der Waals surface area (Å²) in [6.07, 6.45) is 0. The number of hydroxylamine groups is 1. The lowest BCUT2D eigenvalue weighted by Gasteiger charge is -2.05. The van der Waals surface area contributed by atoms with Crippen LogP contribution in [0.1, 0.15) is 5.69 Å². The normalized spacial score (nSPS) is 11.5. The SMILES string of the molecule is NCCONc1nonc1C(=Nc1ccc(F)c(Cl)c1)NO. The molecule has 1 aromatic heterocycles. The van der Waals surface area contributed by atoms with Gasteiger partial charge >= 0.3 is 0 Å². The minimum Gasteiger partial charge on any atom is -0.328 e. The minimum absolute atomic E-state index is 0.0416. The third-order valence-electron chi connectivity index (χ3n) is 2.35. The summed E-state index contributed by atoms with van der Waals surface area (Å²) >= 11 is 5.66. The van der Waals surface area contributed by atoms with Crippen LogP contribution in [0.3, 0.4) is 0 Å². The van der Waals surface area contributed by atoms with Crippen LogP contribution in [0.15, 0.2) is 27.8 Å². The maximum Gasteiger partial charge on any atom is 0.225 e. The minimum atomic E-state index is -0.584. The van der Waals surface area contributed by atoms with Crippen LogP contribution in [-0.2, 0) is 4.84 Å². The fourth-order valence-electron chi connectivity index (χ4n) is 1.40. The number of aliphatic imine (C=N–C) groups is 1. The second-order valence-corrected chi connectivity index (χ2v) is 4.28. The van der Waals surface area contributed by atoms with Crippen LogP contribution in [-0.4, -0.2) is 34.5 Å². The smallest absolute Gasteiger partial charge is 0.225 e. The standard InChI is InChI=1S/C11H12ClFN6O3/c12-7-5-6(1-2-8(7)13)15-10(16-20)9-11(19-22-17-9)18-21-4-3-14/h1-2,5,20H,3-4,14H2,(H,15,16)(H,18,19). The average molecular weight is 331 g/mol. The highest BCUT2D eigenvalue weighted by molar-refractivity contribution is 6.31. The van der Waals surface area contributed by atoms with Gasteiger partial charge in [-0.25, -0.2) is 19.5 Å². The van der Waals surface area contributed by atoms with Crippen LogP contribution in [0.4, 0.5) is 15.9 Å². The van der Waals surface area contributed by atoms with E-state index in [4.69, 9.17) is 22.2 Å². The molecule has 0 spiro atoms. The number of aromatic nitrogens is 2. The fraction of sp³-hybridized carbons (Fsp3) is 0.182. The summed E-state index contributed by atoms with van der Waals surface area (Å²) in [6.45, 7) is 0.514. The molecule has 0 aliphatic carbocycles. The number of nitrogens with two attached hydrogens (primary N) is 1. The van der Waals surface area contributed by atoms with Gasteiger partial charge in [-0.1, -0.05) is 11.6 Å². The van der Waals surface area contributed by atoms with Crippen LogP contribution < -0.4 is 16.7 Å². The van der Waals surface area contributed by atoms with Crippen LogP contribution in [0.2, 0.25) is 5.02 Å². The predicted octanol–water partition coefficient (Wildman–Crippen LogP) is 1.22. The lowest BCUT2D eigenvalue weighted by molar-refractivity contribution is 0.198. The molecule has 2 rings (SSSR count). The van der Waals surface area contributed by atoms with Gasteiger partial charge < -0.3 is 5.73 Å². The van der Waals surface area contributed by atoms with Gasteiger partial charge in [0.1, 0.15) is 5.82 Å². The van der Waals surface area contributed by atoms with Crippen LogP contribution >= 0.6 is 11.6 Å². The first-order valence-electron chi connectivity index (χ1n) is 6.00. The Hall–Kier alpha value is -2.27. The van der Waals surface area contributed by atoms with E-state index in [0.29, 0.717) is 6.54 Å². The van der Waals surface area contributed by atoms with Crippen molar-refractivity contribution in [2.45, 2.75) is 0 Å². The Morgan fingerprint density at radius 1 is 1.50 bits per heavy atom. The van der Waals surface area contributed by atoms with Crippen molar-refractivity contribution in [3.05, 3.63) is 34.7 Å². The van der Waals surface area contributed by atoms with Crippen molar-refractivity contribution >= 4 is 28.9 Å². The molecule has 22 heavy (non-hydrogen) atoms. The molecule has 0 amide bonds. The molecule has 0 unspecified atom stereocenters. The number of benzene rings is 1. The van der Waals surface area contributed by atoms with Gasteiger partial charge in [-0.05, 0) is 28.5 Å². The first-order valence-corrected chi connectivity index (χ1v) is 6.38. The van der Waals surface area contributed by atoms with E-state index in [1.54, 1.807) is 0 Å². The number of anilines is 1. The van der Waals surface area contributed by atoms with Gasteiger partial charge in [-0.3, -0.25) is 15.5 Å². The van der Waals surface area contributed by atoms with Gasteiger partial charge in [0, 0.05) is 6.54 Å². The largest absolute Gasteiger partial charge is 0.328 e. The fourth-order valence-corrected chi connectivity index (χ4v) is 1.58. The zero-order chi connectivity index (χ0) is 15.9.